The third kappa shape index (κ3) is 6.03. The quantitative estimate of drug-likeness (QED) is 0.300. The van der Waals surface area contributed by atoms with Gasteiger partial charge in [-0.05, 0) is 30.3 Å². The molecule has 0 unspecified atom stereocenters. The molecule has 0 atom stereocenters. The van der Waals surface area contributed by atoms with E-state index in [2.05, 4.69) is 20.8 Å². The molecule has 3 rings (SSSR count). The smallest absolute Gasteiger partial charge is 0.270 e. The first-order valence-electron chi connectivity index (χ1n) is 8.92. The van der Waals surface area contributed by atoms with Crippen LogP contribution in [0.4, 0.5) is 11.4 Å². The zero-order chi connectivity index (χ0) is 22.4. The molecule has 1 heterocycles. The Hall–Kier alpha value is -3.44. The van der Waals surface area contributed by atoms with Crippen LogP contribution in [0.5, 0.6) is 0 Å². The van der Waals surface area contributed by atoms with E-state index in [1.54, 1.807) is 35.9 Å². The first kappa shape index (κ1) is 22.2. The maximum Gasteiger partial charge on any atom is 0.270 e. The maximum atomic E-state index is 12.3. The molecule has 0 aliphatic rings. The highest BCUT2D eigenvalue weighted by Gasteiger charge is 2.15. The number of thioether (sulfide) groups is 1. The molecule has 2 N–H and O–H groups in total. The number of halogens is 1. The summed E-state index contributed by atoms with van der Waals surface area (Å²) in [4.78, 5) is 34.7. The Balaban J connectivity index is 1.53. The first-order chi connectivity index (χ1) is 14.8. The van der Waals surface area contributed by atoms with Crippen molar-refractivity contribution >= 4 is 46.6 Å². The minimum Gasteiger partial charge on any atom is -0.345 e. The fourth-order valence-electron chi connectivity index (χ4n) is 2.51. The number of aromatic nitrogens is 3. The second-order valence-corrected chi connectivity index (χ2v) is 7.67. The van der Waals surface area contributed by atoms with Gasteiger partial charge in [0.05, 0.1) is 17.2 Å². The lowest BCUT2D eigenvalue weighted by Gasteiger charge is -2.07. The fourth-order valence-corrected chi connectivity index (χ4v) is 3.36. The number of benzene rings is 2. The summed E-state index contributed by atoms with van der Waals surface area (Å²) < 4.78 is 1.66. The van der Waals surface area contributed by atoms with Crippen molar-refractivity contribution in [3.05, 3.63) is 75.1 Å². The van der Waals surface area contributed by atoms with E-state index in [9.17, 15) is 19.7 Å². The topological polar surface area (TPSA) is 132 Å². The number of nitrogens with zero attached hydrogens (tertiary/aromatic N) is 4. The SMILES string of the molecule is Cn1c(CNC(=O)c2cccc([N+](=O)[O-])c2)nnc1SCC(=O)Nc1ccc(Cl)cc1. The molecule has 10 nitrogen and oxygen atoms in total. The Morgan fingerprint density at radius 1 is 1.19 bits per heavy atom. The average Bonchev–Trinajstić information content (AvgIpc) is 3.11. The molecule has 1 aromatic heterocycles. The van der Waals surface area contributed by atoms with Crippen molar-refractivity contribution < 1.29 is 14.5 Å². The van der Waals surface area contributed by atoms with Crippen molar-refractivity contribution in [3.8, 4) is 0 Å². The Kier molecular flexibility index (Phi) is 7.21. The molecule has 31 heavy (non-hydrogen) atoms. The molecule has 0 saturated carbocycles. The number of carbonyl (C=O) groups excluding carboxylic acids is 2. The molecule has 0 fully saturated rings. The summed E-state index contributed by atoms with van der Waals surface area (Å²) in [7, 11) is 1.72. The van der Waals surface area contributed by atoms with Gasteiger partial charge in [-0.3, -0.25) is 19.7 Å². The van der Waals surface area contributed by atoms with Crippen LogP contribution >= 0.6 is 23.4 Å². The van der Waals surface area contributed by atoms with Crippen LogP contribution in [0, 0.1) is 10.1 Å². The van der Waals surface area contributed by atoms with Gasteiger partial charge in [0.25, 0.3) is 11.6 Å². The van der Waals surface area contributed by atoms with Crippen molar-refractivity contribution in [1.82, 2.24) is 20.1 Å². The molecular formula is C19H17ClN6O4S. The van der Waals surface area contributed by atoms with Gasteiger partial charge in [0.2, 0.25) is 5.91 Å². The summed E-state index contributed by atoms with van der Waals surface area (Å²) in [6, 6.07) is 12.2. The van der Waals surface area contributed by atoms with E-state index in [0.717, 1.165) is 0 Å². The van der Waals surface area contributed by atoms with E-state index in [0.29, 0.717) is 21.7 Å². The number of amides is 2. The number of hydrogen-bond donors (Lipinski definition) is 2. The van der Waals surface area contributed by atoms with Gasteiger partial charge in [-0.1, -0.05) is 29.4 Å². The second-order valence-electron chi connectivity index (χ2n) is 6.29. The highest BCUT2D eigenvalue weighted by atomic mass is 35.5. The Morgan fingerprint density at radius 3 is 2.65 bits per heavy atom. The Bertz CT molecular complexity index is 1120. The van der Waals surface area contributed by atoms with Gasteiger partial charge in [0.1, 0.15) is 0 Å². The molecule has 0 aliphatic heterocycles. The Labute approximate surface area is 186 Å². The first-order valence-corrected chi connectivity index (χ1v) is 10.3. The molecule has 160 valence electrons. The fraction of sp³-hybridized carbons (Fsp3) is 0.158. The number of rotatable bonds is 8. The lowest BCUT2D eigenvalue weighted by atomic mass is 10.2. The third-order valence-electron chi connectivity index (χ3n) is 4.11. The minimum atomic E-state index is -0.563. The average molecular weight is 461 g/mol. The monoisotopic (exact) mass is 460 g/mol. The number of nitrogens with one attached hydrogen (secondary N) is 2. The number of anilines is 1. The predicted octanol–water partition coefficient (Wildman–Crippen LogP) is 3.04. The van der Waals surface area contributed by atoms with Crippen LogP contribution in [-0.2, 0) is 18.4 Å². The maximum absolute atomic E-state index is 12.3. The number of non-ortho nitro benzene ring substituents is 1. The normalized spacial score (nSPS) is 10.5. The van der Waals surface area contributed by atoms with Crippen LogP contribution in [0.3, 0.4) is 0 Å². The summed E-state index contributed by atoms with van der Waals surface area (Å²) >= 11 is 7.02. The molecule has 0 saturated heterocycles. The van der Waals surface area contributed by atoms with Crippen LogP contribution in [0.25, 0.3) is 0 Å². The van der Waals surface area contributed by atoms with Crippen LogP contribution < -0.4 is 10.6 Å². The highest BCUT2D eigenvalue weighted by Crippen LogP contribution is 2.18. The molecule has 12 heteroatoms. The van der Waals surface area contributed by atoms with Crippen LogP contribution in [0.15, 0.2) is 53.7 Å². The van der Waals surface area contributed by atoms with Crippen LogP contribution in [0.2, 0.25) is 5.02 Å². The minimum absolute atomic E-state index is 0.0720. The summed E-state index contributed by atoms with van der Waals surface area (Å²) in [6.07, 6.45) is 0. The Morgan fingerprint density at radius 2 is 1.94 bits per heavy atom. The summed E-state index contributed by atoms with van der Waals surface area (Å²) in [5, 5.41) is 25.4. The predicted molar refractivity (Wildman–Crippen MR) is 116 cm³/mol. The molecule has 3 aromatic rings. The zero-order valence-corrected chi connectivity index (χ0v) is 17.8. The van der Waals surface area contributed by atoms with E-state index in [1.165, 1.54) is 36.0 Å². The third-order valence-corrected chi connectivity index (χ3v) is 5.38. The lowest BCUT2D eigenvalue weighted by molar-refractivity contribution is -0.384. The van der Waals surface area contributed by atoms with Crippen LogP contribution in [-0.4, -0.2) is 37.3 Å². The van der Waals surface area contributed by atoms with Crippen molar-refractivity contribution in [3.63, 3.8) is 0 Å². The van der Waals surface area contributed by atoms with E-state index in [4.69, 9.17) is 11.6 Å². The molecule has 0 aliphatic carbocycles. The molecule has 2 amide bonds. The van der Waals surface area contributed by atoms with Gasteiger partial charge in [0.15, 0.2) is 11.0 Å². The number of nitro benzene ring substituents is 1. The number of carbonyl (C=O) groups is 2. The van der Waals surface area contributed by atoms with E-state index >= 15 is 0 Å². The van der Waals surface area contributed by atoms with Crippen molar-refractivity contribution in [2.45, 2.75) is 11.7 Å². The summed E-state index contributed by atoms with van der Waals surface area (Å²) in [5.74, 6) is -0.0901. The highest BCUT2D eigenvalue weighted by molar-refractivity contribution is 7.99. The molecule has 0 spiro atoms. The van der Waals surface area contributed by atoms with Crippen molar-refractivity contribution in [1.29, 1.82) is 0 Å². The van der Waals surface area contributed by atoms with Gasteiger partial charge in [0, 0.05) is 35.5 Å². The second kappa shape index (κ2) is 10.0. The van der Waals surface area contributed by atoms with Gasteiger partial charge in [-0.25, -0.2) is 0 Å². The van der Waals surface area contributed by atoms with E-state index < -0.39 is 10.8 Å². The van der Waals surface area contributed by atoms with Crippen LogP contribution in [0.1, 0.15) is 16.2 Å². The zero-order valence-electron chi connectivity index (χ0n) is 16.2. The summed E-state index contributed by atoms with van der Waals surface area (Å²) in [6.45, 7) is 0.0720. The number of nitro groups is 1. The number of hydrogen-bond acceptors (Lipinski definition) is 7. The molecular weight excluding hydrogens is 444 g/mol. The molecule has 0 radical (unpaired) electrons. The van der Waals surface area contributed by atoms with Gasteiger partial charge in [-0.15, -0.1) is 10.2 Å². The molecule has 0 bridgehead atoms. The van der Waals surface area contributed by atoms with Crippen molar-refractivity contribution in [2.24, 2.45) is 7.05 Å². The van der Waals surface area contributed by atoms with Gasteiger partial charge < -0.3 is 15.2 Å². The lowest BCUT2D eigenvalue weighted by Crippen LogP contribution is -2.24. The standard InChI is InChI=1S/C19H17ClN6O4S/c1-25-16(10-21-18(28)12-3-2-4-15(9-12)26(29)30)23-24-19(25)31-11-17(27)22-14-7-5-13(20)6-8-14/h2-9H,10-11H2,1H3,(H,21,28)(H,22,27). The summed E-state index contributed by atoms with van der Waals surface area (Å²) in [5.41, 5.74) is 0.643. The van der Waals surface area contributed by atoms with E-state index in [-0.39, 0.29) is 29.5 Å². The molecule has 2 aromatic carbocycles. The van der Waals surface area contributed by atoms with Gasteiger partial charge in [-0.2, -0.15) is 0 Å². The van der Waals surface area contributed by atoms with Crippen molar-refractivity contribution in [2.75, 3.05) is 11.1 Å². The van der Waals surface area contributed by atoms with Gasteiger partial charge >= 0.3 is 0 Å². The largest absolute Gasteiger partial charge is 0.345 e. The van der Waals surface area contributed by atoms with E-state index in [1.807, 2.05) is 0 Å².